The van der Waals surface area contributed by atoms with Gasteiger partial charge in [0, 0.05) is 5.41 Å². The summed E-state index contributed by atoms with van der Waals surface area (Å²) < 4.78 is 0. The van der Waals surface area contributed by atoms with Crippen molar-refractivity contribution in [3.8, 4) is 0 Å². The van der Waals surface area contributed by atoms with Crippen LogP contribution in [0.1, 0.15) is 38.3 Å². The molecule has 1 aromatic rings. The van der Waals surface area contributed by atoms with Crippen molar-refractivity contribution in [3.63, 3.8) is 0 Å². The highest BCUT2D eigenvalue weighted by Gasteiger charge is 2.21. The summed E-state index contributed by atoms with van der Waals surface area (Å²) in [7, 11) is 0. The molecule has 0 amide bonds. The smallest absolute Gasteiger partial charge is 0.0994 e. The first-order valence-corrected chi connectivity index (χ1v) is 6.37. The van der Waals surface area contributed by atoms with Gasteiger partial charge >= 0.3 is 0 Å². The monoisotopic (exact) mass is 230 g/mol. The van der Waals surface area contributed by atoms with Gasteiger partial charge in [-0.1, -0.05) is 45.0 Å². The van der Waals surface area contributed by atoms with Gasteiger partial charge in [-0.25, -0.2) is 0 Å². The molecule has 0 aromatic heterocycles. The molecule has 0 radical (unpaired) electrons. The standard InChI is InChI=1S/C15H22N2/c1-15(2,3)14(16)17-13-9-8-11-6-4-5-7-12(11)10-13/h4-7,13H,8-10H2,1-3H3,(H2,16,17). The molecule has 1 aromatic carbocycles. The second kappa shape index (κ2) is 4.52. The maximum absolute atomic E-state index is 6.05. The van der Waals surface area contributed by atoms with E-state index in [0.29, 0.717) is 6.04 Å². The van der Waals surface area contributed by atoms with Gasteiger partial charge in [-0.15, -0.1) is 0 Å². The molecule has 0 heterocycles. The molecule has 92 valence electrons. The number of aliphatic imine (C=N–C) groups is 1. The van der Waals surface area contributed by atoms with Crippen molar-refractivity contribution in [1.29, 1.82) is 0 Å². The fraction of sp³-hybridized carbons (Fsp3) is 0.533. The van der Waals surface area contributed by atoms with E-state index in [4.69, 9.17) is 10.7 Å². The van der Waals surface area contributed by atoms with Crippen molar-refractivity contribution in [2.45, 2.75) is 46.1 Å². The predicted molar refractivity (Wildman–Crippen MR) is 73.3 cm³/mol. The molecule has 0 bridgehead atoms. The van der Waals surface area contributed by atoms with Crippen LogP contribution in [0.4, 0.5) is 0 Å². The van der Waals surface area contributed by atoms with Crippen LogP contribution in [-0.4, -0.2) is 11.9 Å². The van der Waals surface area contributed by atoms with Crippen LogP contribution >= 0.6 is 0 Å². The third kappa shape index (κ3) is 2.87. The second-order valence-electron chi connectivity index (χ2n) is 5.93. The van der Waals surface area contributed by atoms with Crippen LogP contribution in [0.2, 0.25) is 0 Å². The maximum Gasteiger partial charge on any atom is 0.0994 e. The summed E-state index contributed by atoms with van der Waals surface area (Å²) in [4.78, 5) is 4.70. The number of hydrogen-bond acceptors (Lipinski definition) is 1. The van der Waals surface area contributed by atoms with Crippen LogP contribution in [0.25, 0.3) is 0 Å². The molecule has 2 N–H and O–H groups in total. The molecule has 2 rings (SSSR count). The molecule has 0 fully saturated rings. The molecular formula is C15H22N2. The van der Waals surface area contributed by atoms with Gasteiger partial charge in [-0.3, -0.25) is 4.99 Å². The maximum atomic E-state index is 6.05. The average molecular weight is 230 g/mol. The first-order chi connectivity index (χ1) is 7.97. The van der Waals surface area contributed by atoms with Gasteiger partial charge in [0.2, 0.25) is 0 Å². The minimum atomic E-state index is -0.0169. The lowest BCUT2D eigenvalue weighted by molar-refractivity contribution is 0.542. The van der Waals surface area contributed by atoms with Crippen LogP contribution in [-0.2, 0) is 12.8 Å². The predicted octanol–water partition coefficient (Wildman–Crippen LogP) is 2.95. The van der Waals surface area contributed by atoms with Crippen molar-refractivity contribution in [3.05, 3.63) is 35.4 Å². The lowest BCUT2D eigenvalue weighted by atomic mass is 9.88. The third-order valence-corrected chi connectivity index (χ3v) is 3.41. The fourth-order valence-electron chi connectivity index (χ4n) is 2.18. The van der Waals surface area contributed by atoms with Crippen LogP contribution in [0.15, 0.2) is 29.3 Å². The Balaban J connectivity index is 2.13. The summed E-state index contributed by atoms with van der Waals surface area (Å²) in [5.74, 6) is 0.780. The van der Waals surface area contributed by atoms with Crippen LogP contribution in [0.5, 0.6) is 0 Å². The summed E-state index contributed by atoms with van der Waals surface area (Å²) in [6, 6.07) is 9.03. The Morgan fingerprint density at radius 2 is 1.88 bits per heavy atom. The quantitative estimate of drug-likeness (QED) is 0.584. The molecule has 0 aliphatic heterocycles. The van der Waals surface area contributed by atoms with Crippen LogP contribution < -0.4 is 5.73 Å². The number of rotatable bonds is 1. The number of fused-ring (bicyclic) bond motifs is 1. The Labute approximate surface area is 104 Å². The zero-order valence-electron chi connectivity index (χ0n) is 11.0. The number of benzene rings is 1. The van der Waals surface area contributed by atoms with Gasteiger partial charge in [0.25, 0.3) is 0 Å². The molecule has 1 aliphatic carbocycles. The molecule has 2 nitrogen and oxygen atoms in total. The van der Waals surface area contributed by atoms with Gasteiger partial charge in [-0.2, -0.15) is 0 Å². The Morgan fingerprint density at radius 1 is 1.24 bits per heavy atom. The second-order valence-corrected chi connectivity index (χ2v) is 5.93. The topological polar surface area (TPSA) is 38.4 Å². The van der Waals surface area contributed by atoms with E-state index in [1.54, 1.807) is 0 Å². The van der Waals surface area contributed by atoms with Crippen molar-refractivity contribution in [1.82, 2.24) is 0 Å². The van der Waals surface area contributed by atoms with E-state index >= 15 is 0 Å². The van der Waals surface area contributed by atoms with Crippen molar-refractivity contribution in [2.24, 2.45) is 16.1 Å². The number of hydrogen-bond donors (Lipinski definition) is 1. The normalized spacial score (nSPS) is 21.1. The van der Waals surface area contributed by atoms with Gasteiger partial charge in [-0.05, 0) is 30.4 Å². The molecule has 0 spiro atoms. The summed E-state index contributed by atoms with van der Waals surface area (Å²) in [5.41, 5.74) is 8.95. The minimum Gasteiger partial charge on any atom is -0.387 e. The van der Waals surface area contributed by atoms with Gasteiger partial charge in [0.05, 0.1) is 11.9 Å². The first kappa shape index (κ1) is 12.2. The molecule has 17 heavy (non-hydrogen) atoms. The van der Waals surface area contributed by atoms with Crippen LogP contribution in [0, 0.1) is 5.41 Å². The van der Waals surface area contributed by atoms with Crippen molar-refractivity contribution < 1.29 is 0 Å². The highest BCUT2D eigenvalue weighted by Crippen LogP contribution is 2.24. The Kier molecular flexibility index (Phi) is 3.23. The average Bonchev–Trinajstić information content (AvgIpc) is 2.27. The van der Waals surface area contributed by atoms with E-state index in [1.807, 2.05) is 0 Å². The van der Waals surface area contributed by atoms with E-state index in [9.17, 15) is 0 Å². The third-order valence-electron chi connectivity index (χ3n) is 3.41. The summed E-state index contributed by atoms with van der Waals surface area (Å²) in [5, 5.41) is 0. The summed E-state index contributed by atoms with van der Waals surface area (Å²) >= 11 is 0. The van der Waals surface area contributed by atoms with Gasteiger partial charge in [0.15, 0.2) is 0 Å². The first-order valence-electron chi connectivity index (χ1n) is 6.37. The lowest BCUT2D eigenvalue weighted by Gasteiger charge is -2.25. The number of nitrogens with two attached hydrogens (primary N) is 1. The summed E-state index contributed by atoms with van der Waals surface area (Å²) in [6.45, 7) is 6.34. The van der Waals surface area contributed by atoms with E-state index in [1.165, 1.54) is 11.1 Å². The number of aryl methyl sites for hydroxylation is 1. The molecule has 1 atom stereocenters. The molecule has 1 aliphatic rings. The highest BCUT2D eigenvalue weighted by atomic mass is 14.9. The Morgan fingerprint density at radius 3 is 2.53 bits per heavy atom. The molecular weight excluding hydrogens is 208 g/mol. The minimum absolute atomic E-state index is 0.0169. The highest BCUT2D eigenvalue weighted by molar-refractivity contribution is 5.85. The van der Waals surface area contributed by atoms with Crippen molar-refractivity contribution >= 4 is 5.84 Å². The Bertz CT molecular complexity index is 427. The van der Waals surface area contributed by atoms with Crippen molar-refractivity contribution in [2.75, 3.05) is 0 Å². The number of amidine groups is 1. The SMILES string of the molecule is CC(C)(C)C(N)=NC1CCc2ccccc2C1. The zero-order valence-corrected chi connectivity index (χ0v) is 11.0. The fourth-order valence-corrected chi connectivity index (χ4v) is 2.18. The molecule has 1 unspecified atom stereocenters. The lowest BCUT2D eigenvalue weighted by Crippen LogP contribution is -2.32. The molecule has 0 saturated carbocycles. The van der Waals surface area contributed by atoms with E-state index in [0.717, 1.165) is 25.1 Å². The van der Waals surface area contributed by atoms with Crippen LogP contribution in [0.3, 0.4) is 0 Å². The summed E-state index contributed by atoms with van der Waals surface area (Å²) in [6.07, 6.45) is 3.28. The molecule has 0 saturated heterocycles. The van der Waals surface area contributed by atoms with E-state index in [2.05, 4.69) is 45.0 Å². The van der Waals surface area contributed by atoms with E-state index in [-0.39, 0.29) is 5.41 Å². The Hall–Kier alpha value is -1.31. The largest absolute Gasteiger partial charge is 0.387 e. The van der Waals surface area contributed by atoms with Gasteiger partial charge in [0.1, 0.15) is 0 Å². The van der Waals surface area contributed by atoms with Gasteiger partial charge < -0.3 is 5.73 Å². The number of nitrogens with zero attached hydrogens (tertiary/aromatic N) is 1. The molecule has 2 heteroatoms. The van der Waals surface area contributed by atoms with E-state index < -0.39 is 0 Å². The zero-order chi connectivity index (χ0) is 12.5.